The molecule has 2 aromatic rings. The molecule has 19 heavy (non-hydrogen) atoms. The number of ketones is 1. The molecule has 0 bridgehead atoms. The molecule has 0 amide bonds. The van der Waals surface area contributed by atoms with E-state index in [1.807, 2.05) is 17.5 Å². The summed E-state index contributed by atoms with van der Waals surface area (Å²) in [6.07, 6.45) is 1.67. The molecule has 2 rings (SSSR count). The number of halogens is 2. The molecular formula is C15H14F2OS. The highest BCUT2D eigenvalue weighted by molar-refractivity contribution is 7.09. The maximum absolute atomic E-state index is 13.6. The van der Waals surface area contributed by atoms with Gasteiger partial charge in [-0.2, -0.15) is 0 Å². The van der Waals surface area contributed by atoms with Gasteiger partial charge in [0.2, 0.25) is 0 Å². The van der Waals surface area contributed by atoms with Gasteiger partial charge in [0.1, 0.15) is 0 Å². The van der Waals surface area contributed by atoms with Crippen LogP contribution in [0.25, 0.3) is 0 Å². The maximum Gasteiger partial charge on any atom is 0.169 e. The molecule has 0 saturated carbocycles. The molecule has 0 saturated heterocycles. The van der Waals surface area contributed by atoms with Crippen LogP contribution in [0.1, 0.15) is 33.6 Å². The lowest BCUT2D eigenvalue weighted by atomic mass is 10.0. The normalized spacial score (nSPS) is 10.7. The minimum Gasteiger partial charge on any atom is -0.294 e. The van der Waals surface area contributed by atoms with E-state index in [1.165, 1.54) is 23.9 Å². The Morgan fingerprint density at radius 2 is 2.00 bits per heavy atom. The number of Topliss-reactive ketones (excluding diaryl/α,β-unsaturated/α-hetero) is 1. The molecule has 0 atom stereocenters. The van der Waals surface area contributed by atoms with Crippen LogP contribution in [0.5, 0.6) is 0 Å². The van der Waals surface area contributed by atoms with Crippen molar-refractivity contribution in [3.63, 3.8) is 0 Å². The summed E-state index contributed by atoms with van der Waals surface area (Å²) in [5.41, 5.74) is 0.0712. The van der Waals surface area contributed by atoms with Gasteiger partial charge in [-0.1, -0.05) is 12.1 Å². The van der Waals surface area contributed by atoms with Gasteiger partial charge in [-0.3, -0.25) is 4.79 Å². The molecule has 0 aliphatic rings. The lowest BCUT2D eigenvalue weighted by Crippen LogP contribution is -2.05. The van der Waals surface area contributed by atoms with Crippen LogP contribution in [0.2, 0.25) is 0 Å². The van der Waals surface area contributed by atoms with Crippen LogP contribution < -0.4 is 0 Å². The number of carbonyl (C=O) groups is 1. The van der Waals surface area contributed by atoms with E-state index in [0.717, 1.165) is 6.42 Å². The second-order valence-corrected chi connectivity index (χ2v) is 5.45. The van der Waals surface area contributed by atoms with Crippen molar-refractivity contribution in [1.29, 1.82) is 0 Å². The Balaban J connectivity index is 1.98. The molecule has 0 spiro atoms. The molecule has 0 aliphatic carbocycles. The van der Waals surface area contributed by atoms with E-state index in [2.05, 4.69) is 0 Å². The van der Waals surface area contributed by atoms with E-state index in [4.69, 9.17) is 0 Å². The summed E-state index contributed by atoms with van der Waals surface area (Å²) in [4.78, 5) is 13.1. The summed E-state index contributed by atoms with van der Waals surface area (Å²) >= 11 is 1.63. The van der Waals surface area contributed by atoms with Gasteiger partial charge in [0.05, 0.1) is 5.56 Å². The van der Waals surface area contributed by atoms with Crippen LogP contribution >= 0.6 is 11.3 Å². The van der Waals surface area contributed by atoms with E-state index in [-0.39, 0.29) is 23.3 Å². The van der Waals surface area contributed by atoms with Gasteiger partial charge in [0, 0.05) is 11.3 Å². The molecule has 1 aromatic heterocycles. The summed E-state index contributed by atoms with van der Waals surface area (Å²) in [7, 11) is 0. The van der Waals surface area contributed by atoms with Gasteiger partial charge < -0.3 is 0 Å². The zero-order valence-corrected chi connectivity index (χ0v) is 11.4. The van der Waals surface area contributed by atoms with Crippen molar-refractivity contribution in [3.8, 4) is 0 Å². The SMILES string of the molecule is Cc1ccc(C(=O)CCCc2cccs2)c(F)c1F. The van der Waals surface area contributed by atoms with Crippen molar-refractivity contribution >= 4 is 17.1 Å². The first kappa shape index (κ1) is 13.9. The molecule has 1 nitrogen and oxygen atoms in total. The number of carbonyl (C=O) groups excluding carboxylic acids is 1. The van der Waals surface area contributed by atoms with Crippen LogP contribution in [0.3, 0.4) is 0 Å². The molecule has 0 unspecified atom stereocenters. The first-order valence-electron chi connectivity index (χ1n) is 6.10. The Bertz CT molecular complexity index is 576. The first-order valence-corrected chi connectivity index (χ1v) is 6.97. The summed E-state index contributed by atoms with van der Waals surface area (Å²) < 4.78 is 27.0. The number of benzene rings is 1. The highest BCUT2D eigenvalue weighted by Crippen LogP contribution is 2.19. The number of aryl methyl sites for hydroxylation is 2. The highest BCUT2D eigenvalue weighted by Gasteiger charge is 2.16. The van der Waals surface area contributed by atoms with E-state index in [0.29, 0.717) is 6.42 Å². The van der Waals surface area contributed by atoms with Crippen LogP contribution in [-0.4, -0.2) is 5.78 Å². The minimum atomic E-state index is -1.03. The van der Waals surface area contributed by atoms with E-state index >= 15 is 0 Å². The average Bonchev–Trinajstić information content (AvgIpc) is 2.89. The van der Waals surface area contributed by atoms with Crippen molar-refractivity contribution in [2.45, 2.75) is 26.2 Å². The molecule has 0 aliphatic heterocycles. The fourth-order valence-corrected chi connectivity index (χ4v) is 2.63. The highest BCUT2D eigenvalue weighted by atomic mass is 32.1. The molecule has 4 heteroatoms. The molecule has 0 radical (unpaired) electrons. The molecule has 0 fully saturated rings. The zero-order valence-electron chi connectivity index (χ0n) is 10.6. The number of hydrogen-bond donors (Lipinski definition) is 0. The second-order valence-electron chi connectivity index (χ2n) is 4.41. The summed E-state index contributed by atoms with van der Waals surface area (Å²) in [6.45, 7) is 1.48. The molecule has 1 aromatic carbocycles. The third kappa shape index (κ3) is 3.26. The van der Waals surface area contributed by atoms with Gasteiger partial charge in [-0.05, 0) is 42.8 Å². The average molecular weight is 280 g/mol. The van der Waals surface area contributed by atoms with Crippen molar-refractivity contribution < 1.29 is 13.6 Å². The van der Waals surface area contributed by atoms with Crippen molar-refractivity contribution in [2.75, 3.05) is 0 Å². The zero-order chi connectivity index (χ0) is 13.8. The standard InChI is InChI=1S/C15H14F2OS/c1-10-7-8-12(15(17)14(10)16)13(18)6-2-4-11-5-3-9-19-11/h3,5,7-9H,2,4,6H2,1H3. The lowest BCUT2D eigenvalue weighted by Gasteiger charge is -2.05. The predicted molar refractivity (Wildman–Crippen MR) is 72.7 cm³/mol. The van der Waals surface area contributed by atoms with E-state index in [1.54, 1.807) is 11.3 Å². The maximum atomic E-state index is 13.6. The molecule has 0 N–H and O–H groups in total. The van der Waals surface area contributed by atoms with Crippen LogP contribution in [0.15, 0.2) is 29.6 Å². The van der Waals surface area contributed by atoms with Crippen LogP contribution in [0, 0.1) is 18.6 Å². The number of thiophene rings is 1. The fourth-order valence-electron chi connectivity index (χ4n) is 1.87. The molecule has 1 heterocycles. The molecule has 100 valence electrons. The largest absolute Gasteiger partial charge is 0.294 e. The summed E-state index contributed by atoms with van der Waals surface area (Å²) in [5.74, 6) is -2.29. The Labute approximate surface area is 114 Å². The van der Waals surface area contributed by atoms with E-state index < -0.39 is 11.6 Å². The summed E-state index contributed by atoms with van der Waals surface area (Å²) in [5, 5.41) is 1.98. The number of rotatable bonds is 5. The Kier molecular flexibility index (Phi) is 4.43. The van der Waals surface area contributed by atoms with Gasteiger partial charge >= 0.3 is 0 Å². The fraction of sp³-hybridized carbons (Fsp3) is 0.267. The van der Waals surface area contributed by atoms with Gasteiger partial charge in [-0.25, -0.2) is 8.78 Å². The van der Waals surface area contributed by atoms with Crippen LogP contribution in [0.4, 0.5) is 8.78 Å². The summed E-state index contributed by atoms with van der Waals surface area (Å²) in [6, 6.07) is 6.75. The van der Waals surface area contributed by atoms with Crippen LogP contribution in [-0.2, 0) is 6.42 Å². The van der Waals surface area contributed by atoms with Crippen molar-refractivity contribution in [3.05, 3.63) is 57.3 Å². The Morgan fingerprint density at radius 3 is 2.68 bits per heavy atom. The van der Waals surface area contributed by atoms with Gasteiger partial charge in [0.25, 0.3) is 0 Å². The predicted octanol–water partition coefficient (Wildman–Crippen LogP) is 4.54. The number of hydrogen-bond acceptors (Lipinski definition) is 2. The minimum absolute atomic E-state index is 0.144. The van der Waals surface area contributed by atoms with Gasteiger partial charge in [0.15, 0.2) is 17.4 Å². The van der Waals surface area contributed by atoms with Crippen molar-refractivity contribution in [2.24, 2.45) is 0 Å². The smallest absolute Gasteiger partial charge is 0.169 e. The van der Waals surface area contributed by atoms with Gasteiger partial charge in [-0.15, -0.1) is 11.3 Å². The third-order valence-corrected chi connectivity index (χ3v) is 3.92. The Morgan fingerprint density at radius 1 is 1.21 bits per heavy atom. The lowest BCUT2D eigenvalue weighted by molar-refractivity contribution is 0.0975. The first-order chi connectivity index (χ1) is 9.09. The monoisotopic (exact) mass is 280 g/mol. The van der Waals surface area contributed by atoms with Crippen molar-refractivity contribution in [1.82, 2.24) is 0 Å². The third-order valence-electron chi connectivity index (χ3n) is 2.98. The quantitative estimate of drug-likeness (QED) is 0.735. The topological polar surface area (TPSA) is 17.1 Å². The second kappa shape index (κ2) is 6.06. The Hall–Kier alpha value is -1.55. The molecular weight excluding hydrogens is 266 g/mol. The van der Waals surface area contributed by atoms with E-state index in [9.17, 15) is 13.6 Å².